The Kier molecular flexibility index (Phi) is 4.64. The van der Waals surface area contributed by atoms with Crippen LogP contribution in [0.3, 0.4) is 0 Å². The molecule has 1 N–H and O–H groups in total. The van der Waals surface area contributed by atoms with Crippen molar-refractivity contribution in [1.29, 1.82) is 0 Å². The van der Waals surface area contributed by atoms with Crippen LogP contribution in [0.4, 0.5) is 0 Å². The average molecular weight is 300 g/mol. The summed E-state index contributed by atoms with van der Waals surface area (Å²) in [6.45, 7) is 0.497. The zero-order chi connectivity index (χ0) is 13.0. The molecule has 0 atom stereocenters. The Morgan fingerprint density at radius 1 is 1.11 bits per heavy atom. The second kappa shape index (κ2) is 6.23. The van der Waals surface area contributed by atoms with Gasteiger partial charge in [-0.25, -0.2) is 0 Å². The smallest absolute Gasteiger partial charge is 0.261 e. The predicted molar refractivity (Wildman–Crippen MR) is 76.5 cm³/mol. The predicted octanol–water partition coefficient (Wildman–Crippen LogP) is 4.07. The van der Waals surface area contributed by atoms with Gasteiger partial charge in [-0.15, -0.1) is 22.9 Å². The van der Waals surface area contributed by atoms with Crippen molar-refractivity contribution in [3.63, 3.8) is 0 Å². The molecule has 18 heavy (non-hydrogen) atoms. The Hall–Kier alpha value is -1.03. The first-order valence-electron chi connectivity index (χ1n) is 5.36. The maximum absolute atomic E-state index is 11.8. The van der Waals surface area contributed by atoms with Gasteiger partial charge in [0, 0.05) is 12.4 Å². The van der Waals surface area contributed by atoms with Crippen LogP contribution in [0.5, 0.6) is 0 Å². The van der Waals surface area contributed by atoms with Gasteiger partial charge in [-0.05, 0) is 23.3 Å². The quantitative estimate of drug-likeness (QED) is 0.847. The molecule has 2 rings (SSSR count). The zero-order valence-corrected chi connectivity index (χ0v) is 11.8. The molecule has 0 aliphatic carbocycles. The summed E-state index contributed by atoms with van der Waals surface area (Å²) in [6, 6.07) is 11.3. The molecule has 1 heterocycles. The van der Waals surface area contributed by atoms with Gasteiger partial charge in [0.1, 0.15) is 0 Å². The monoisotopic (exact) mass is 299 g/mol. The van der Waals surface area contributed by atoms with Crippen molar-refractivity contribution >= 4 is 40.4 Å². The van der Waals surface area contributed by atoms with E-state index in [0.717, 1.165) is 11.1 Å². The van der Waals surface area contributed by atoms with E-state index >= 15 is 0 Å². The minimum absolute atomic E-state index is 0.103. The van der Waals surface area contributed by atoms with E-state index in [1.807, 2.05) is 24.3 Å². The lowest BCUT2D eigenvalue weighted by Gasteiger charge is -2.04. The SMILES string of the molecule is O=C(NCc1ccc(CCl)cc1)c1ccc(Cl)s1. The molecule has 1 amide bonds. The molecule has 1 aromatic carbocycles. The van der Waals surface area contributed by atoms with Gasteiger partial charge in [0.05, 0.1) is 9.21 Å². The highest BCUT2D eigenvalue weighted by Crippen LogP contribution is 2.21. The Morgan fingerprint density at radius 3 is 2.33 bits per heavy atom. The van der Waals surface area contributed by atoms with Crippen molar-refractivity contribution in [3.05, 3.63) is 56.7 Å². The number of alkyl halides is 1. The molecular weight excluding hydrogens is 289 g/mol. The van der Waals surface area contributed by atoms with Crippen LogP contribution in [-0.2, 0) is 12.4 Å². The standard InChI is InChI=1S/C13H11Cl2NOS/c14-7-9-1-3-10(4-2-9)8-16-13(17)11-5-6-12(15)18-11/h1-6H,7-8H2,(H,16,17). The fourth-order valence-corrected chi connectivity index (χ4v) is 2.59. The largest absolute Gasteiger partial charge is 0.347 e. The van der Waals surface area contributed by atoms with Gasteiger partial charge in [0.25, 0.3) is 5.91 Å². The molecule has 0 saturated carbocycles. The summed E-state index contributed by atoms with van der Waals surface area (Å²) in [5.74, 6) is 0.397. The number of nitrogens with one attached hydrogen (secondary N) is 1. The van der Waals surface area contributed by atoms with Crippen molar-refractivity contribution in [1.82, 2.24) is 5.32 Å². The van der Waals surface area contributed by atoms with Crippen molar-refractivity contribution in [3.8, 4) is 0 Å². The Labute approximate surface area is 120 Å². The lowest BCUT2D eigenvalue weighted by Crippen LogP contribution is -2.21. The Balaban J connectivity index is 1.92. The summed E-state index contributed by atoms with van der Waals surface area (Å²) in [5, 5.41) is 2.85. The topological polar surface area (TPSA) is 29.1 Å². The molecule has 1 aromatic heterocycles. The summed E-state index contributed by atoms with van der Waals surface area (Å²) >= 11 is 12.8. The van der Waals surface area contributed by atoms with Crippen LogP contribution < -0.4 is 5.32 Å². The number of carbonyl (C=O) groups is 1. The van der Waals surface area contributed by atoms with Crippen LogP contribution in [0, 0.1) is 0 Å². The van der Waals surface area contributed by atoms with E-state index in [0.29, 0.717) is 21.6 Å². The van der Waals surface area contributed by atoms with Crippen LogP contribution in [0.15, 0.2) is 36.4 Å². The molecule has 0 spiro atoms. The van der Waals surface area contributed by atoms with Gasteiger partial charge in [-0.3, -0.25) is 4.79 Å². The number of benzene rings is 1. The van der Waals surface area contributed by atoms with Gasteiger partial charge in [0.2, 0.25) is 0 Å². The van der Waals surface area contributed by atoms with E-state index in [9.17, 15) is 4.79 Å². The van der Waals surface area contributed by atoms with Gasteiger partial charge >= 0.3 is 0 Å². The molecule has 94 valence electrons. The van der Waals surface area contributed by atoms with E-state index in [-0.39, 0.29) is 5.91 Å². The molecule has 2 aromatic rings. The lowest BCUT2D eigenvalue weighted by molar-refractivity contribution is 0.0955. The summed E-state index contributed by atoms with van der Waals surface area (Å²) in [5.41, 5.74) is 2.11. The first kappa shape index (κ1) is 13.4. The number of carbonyl (C=O) groups excluding carboxylic acids is 1. The highest BCUT2D eigenvalue weighted by molar-refractivity contribution is 7.17. The van der Waals surface area contributed by atoms with Crippen molar-refractivity contribution in [2.24, 2.45) is 0 Å². The van der Waals surface area contributed by atoms with Crippen LogP contribution >= 0.6 is 34.5 Å². The van der Waals surface area contributed by atoms with Crippen LogP contribution in [0.2, 0.25) is 4.34 Å². The third-order valence-corrected chi connectivity index (χ3v) is 3.97. The molecule has 0 aliphatic heterocycles. The molecule has 0 bridgehead atoms. The summed E-state index contributed by atoms with van der Waals surface area (Å²) in [4.78, 5) is 12.4. The first-order valence-corrected chi connectivity index (χ1v) is 7.09. The van der Waals surface area contributed by atoms with E-state index in [1.165, 1.54) is 11.3 Å². The number of thiophene rings is 1. The maximum atomic E-state index is 11.8. The highest BCUT2D eigenvalue weighted by atomic mass is 35.5. The molecule has 0 aliphatic rings. The third-order valence-electron chi connectivity index (χ3n) is 2.43. The second-order valence-electron chi connectivity index (χ2n) is 3.74. The molecule has 0 saturated heterocycles. The highest BCUT2D eigenvalue weighted by Gasteiger charge is 2.07. The van der Waals surface area contributed by atoms with Crippen molar-refractivity contribution in [2.75, 3.05) is 0 Å². The number of hydrogen-bond acceptors (Lipinski definition) is 2. The normalized spacial score (nSPS) is 10.3. The minimum Gasteiger partial charge on any atom is -0.347 e. The number of halogens is 2. The number of rotatable bonds is 4. The minimum atomic E-state index is -0.103. The average Bonchev–Trinajstić information content (AvgIpc) is 2.83. The maximum Gasteiger partial charge on any atom is 0.261 e. The fraction of sp³-hybridized carbons (Fsp3) is 0.154. The molecule has 0 fully saturated rings. The van der Waals surface area contributed by atoms with Gasteiger partial charge in [-0.1, -0.05) is 35.9 Å². The van der Waals surface area contributed by atoms with Crippen molar-refractivity contribution < 1.29 is 4.79 Å². The molecule has 0 unspecified atom stereocenters. The van der Waals surface area contributed by atoms with Gasteiger partial charge in [0.15, 0.2) is 0 Å². The first-order chi connectivity index (χ1) is 8.69. The Bertz CT molecular complexity index is 536. The van der Waals surface area contributed by atoms with Crippen LogP contribution in [-0.4, -0.2) is 5.91 Å². The molecule has 2 nitrogen and oxygen atoms in total. The summed E-state index contributed by atoms with van der Waals surface area (Å²) in [6.07, 6.45) is 0. The van der Waals surface area contributed by atoms with E-state index in [1.54, 1.807) is 12.1 Å². The lowest BCUT2D eigenvalue weighted by atomic mass is 10.1. The Morgan fingerprint density at radius 2 is 1.78 bits per heavy atom. The van der Waals surface area contributed by atoms with Gasteiger partial charge in [-0.2, -0.15) is 0 Å². The van der Waals surface area contributed by atoms with E-state index < -0.39 is 0 Å². The van der Waals surface area contributed by atoms with Crippen molar-refractivity contribution in [2.45, 2.75) is 12.4 Å². The van der Waals surface area contributed by atoms with Crippen LogP contribution in [0.1, 0.15) is 20.8 Å². The number of amides is 1. The summed E-state index contributed by atoms with van der Waals surface area (Å²) < 4.78 is 0.617. The molecular formula is C13H11Cl2NOS. The molecule has 5 heteroatoms. The van der Waals surface area contributed by atoms with E-state index in [4.69, 9.17) is 23.2 Å². The van der Waals surface area contributed by atoms with Crippen LogP contribution in [0.25, 0.3) is 0 Å². The summed E-state index contributed by atoms with van der Waals surface area (Å²) in [7, 11) is 0. The van der Waals surface area contributed by atoms with Gasteiger partial charge < -0.3 is 5.32 Å². The van der Waals surface area contributed by atoms with E-state index in [2.05, 4.69) is 5.32 Å². The fourth-order valence-electron chi connectivity index (χ4n) is 1.45. The number of hydrogen-bond donors (Lipinski definition) is 1. The second-order valence-corrected chi connectivity index (χ2v) is 5.72. The zero-order valence-electron chi connectivity index (χ0n) is 9.45. The molecule has 0 radical (unpaired) electrons. The third kappa shape index (κ3) is 3.48.